The molecule has 0 unspecified atom stereocenters. The van der Waals surface area contributed by atoms with Crippen LogP contribution in [-0.4, -0.2) is 32.0 Å². The number of aliphatic imine (C=N–C) groups is 1. The van der Waals surface area contributed by atoms with Crippen molar-refractivity contribution in [2.45, 2.75) is 24.2 Å². The van der Waals surface area contributed by atoms with Crippen LogP contribution in [0.25, 0.3) is 0 Å². The zero-order valence-electron chi connectivity index (χ0n) is 11.6. The maximum absolute atomic E-state index is 12.7. The summed E-state index contributed by atoms with van der Waals surface area (Å²) in [5.74, 6) is 0.471. The molecule has 3 rings (SSSR count). The highest BCUT2D eigenvalue weighted by Gasteiger charge is 2.31. The minimum atomic E-state index is -3.40. The van der Waals surface area contributed by atoms with Crippen molar-refractivity contribution in [3.8, 4) is 0 Å². The molecule has 0 bridgehead atoms. The van der Waals surface area contributed by atoms with E-state index in [2.05, 4.69) is 20.9 Å². The molecule has 2 aliphatic heterocycles. The Kier molecular flexibility index (Phi) is 4.28. The number of halogens is 1. The highest BCUT2D eigenvalue weighted by atomic mass is 79.9. The highest BCUT2D eigenvalue weighted by Crippen LogP contribution is 2.32. The van der Waals surface area contributed by atoms with Crippen molar-refractivity contribution in [1.82, 2.24) is 4.31 Å². The van der Waals surface area contributed by atoms with Gasteiger partial charge >= 0.3 is 0 Å². The van der Waals surface area contributed by atoms with Crippen molar-refractivity contribution in [2.75, 3.05) is 13.1 Å². The first-order valence-corrected chi connectivity index (χ1v) is 9.27. The van der Waals surface area contributed by atoms with E-state index in [0.29, 0.717) is 28.4 Å². The first-order chi connectivity index (χ1) is 10.1. The van der Waals surface area contributed by atoms with Crippen LogP contribution in [0.3, 0.4) is 0 Å². The molecule has 1 aromatic carbocycles. The minimum Gasteiger partial charge on any atom is -0.269 e. The van der Waals surface area contributed by atoms with Crippen molar-refractivity contribution >= 4 is 32.2 Å². The second-order valence-corrected chi connectivity index (χ2v) is 8.11. The van der Waals surface area contributed by atoms with E-state index in [9.17, 15) is 8.42 Å². The van der Waals surface area contributed by atoms with Crippen LogP contribution in [0.15, 0.2) is 50.4 Å². The second-order valence-electron chi connectivity index (χ2n) is 5.35. The fraction of sp³-hybridized carbons (Fsp3) is 0.400. The van der Waals surface area contributed by atoms with Crippen molar-refractivity contribution < 1.29 is 8.42 Å². The SMILES string of the molecule is O=S(=O)(c1ccccc1Br)N1CCC(C2=CN=CC2)CC1. The lowest BCUT2D eigenvalue weighted by Crippen LogP contribution is -2.38. The van der Waals surface area contributed by atoms with Crippen LogP contribution in [0.1, 0.15) is 19.3 Å². The summed E-state index contributed by atoms with van der Waals surface area (Å²) in [4.78, 5) is 4.50. The van der Waals surface area contributed by atoms with Gasteiger partial charge in [0.15, 0.2) is 0 Å². The Labute approximate surface area is 133 Å². The Morgan fingerprint density at radius 3 is 2.52 bits per heavy atom. The Hall–Kier alpha value is -0.980. The van der Waals surface area contributed by atoms with Crippen molar-refractivity contribution in [1.29, 1.82) is 0 Å². The number of benzene rings is 1. The maximum atomic E-state index is 12.7. The van der Waals surface area contributed by atoms with Gasteiger partial charge in [0.2, 0.25) is 10.0 Å². The Morgan fingerprint density at radius 1 is 1.19 bits per heavy atom. The molecule has 0 atom stereocenters. The molecular weight excluding hydrogens is 352 g/mol. The third kappa shape index (κ3) is 2.98. The van der Waals surface area contributed by atoms with Crippen LogP contribution >= 0.6 is 15.9 Å². The molecule has 1 saturated heterocycles. The molecule has 6 heteroatoms. The van der Waals surface area contributed by atoms with Gasteiger partial charge in [0, 0.05) is 36.4 Å². The predicted octanol–water partition coefficient (Wildman–Crippen LogP) is 3.21. The summed E-state index contributed by atoms with van der Waals surface area (Å²) in [6, 6.07) is 6.99. The molecule has 2 heterocycles. The van der Waals surface area contributed by atoms with Gasteiger partial charge in [0.25, 0.3) is 0 Å². The monoisotopic (exact) mass is 368 g/mol. The molecule has 21 heavy (non-hydrogen) atoms. The molecule has 4 nitrogen and oxygen atoms in total. The lowest BCUT2D eigenvalue weighted by atomic mass is 9.89. The molecule has 112 valence electrons. The van der Waals surface area contributed by atoms with Gasteiger partial charge in [-0.1, -0.05) is 12.1 Å². The van der Waals surface area contributed by atoms with E-state index in [-0.39, 0.29) is 0 Å². The average molecular weight is 369 g/mol. The van der Waals surface area contributed by atoms with E-state index < -0.39 is 10.0 Å². The quantitative estimate of drug-likeness (QED) is 0.822. The number of nitrogens with zero attached hydrogens (tertiary/aromatic N) is 2. The summed E-state index contributed by atoms with van der Waals surface area (Å²) < 4.78 is 27.6. The zero-order valence-corrected chi connectivity index (χ0v) is 14.0. The highest BCUT2D eigenvalue weighted by molar-refractivity contribution is 9.10. The Balaban J connectivity index is 1.73. The van der Waals surface area contributed by atoms with Gasteiger partial charge in [-0.3, -0.25) is 4.99 Å². The predicted molar refractivity (Wildman–Crippen MR) is 86.8 cm³/mol. The van der Waals surface area contributed by atoms with E-state index in [0.717, 1.165) is 19.3 Å². The average Bonchev–Trinajstić information content (AvgIpc) is 3.02. The molecule has 0 amide bonds. The van der Waals surface area contributed by atoms with Crippen molar-refractivity contribution in [2.24, 2.45) is 10.9 Å². The number of hydrogen-bond acceptors (Lipinski definition) is 3. The van der Waals surface area contributed by atoms with E-state index in [1.54, 1.807) is 22.5 Å². The fourth-order valence-electron chi connectivity index (χ4n) is 2.89. The molecule has 0 aliphatic carbocycles. The molecule has 1 aromatic rings. The molecule has 1 fully saturated rings. The topological polar surface area (TPSA) is 49.7 Å². The maximum Gasteiger partial charge on any atom is 0.244 e. The van der Waals surface area contributed by atoms with Gasteiger partial charge in [-0.2, -0.15) is 4.31 Å². The fourth-order valence-corrected chi connectivity index (χ4v) is 5.32. The Morgan fingerprint density at radius 2 is 1.90 bits per heavy atom. The first kappa shape index (κ1) is 14.9. The molecular formula is C15H17BrN2O2S. The molecule has 0 saturated carbocycles. The third-order valence-electron chi connectivity index (χ3n) is 4.11. The summed E-state index contributed by atoms with van der Waals surface area (Å²) in [7, 11) is -3.40. The normalized spacial score (nSPS) is 20.7. The Bertz CT molecular complexity index is 689. The van der Waals surface area contributed by atoms with Gasteiger partial charge in [0.1, 0.15) is 0 Å². The number of allylic oxidation sites excluding steroid dienone is 1. The van der Waals surface area contributed by atoms with Crippen LogP contribution in [0, 0.1) is 5.92 Å². The van der Waals surface area contributed by atoms with Crippen molar-refractivity contribution in [3.05, 3.63) is 40.5 Å². The molecule has 0 aromatic heterocycles. The minimum absolute atomic E-state index is 0.354. The van der Waals surface area contributed by atoms with Crippen LogP contribution in [0.4, 0.5) is 0 Å². The number of piperidine rings is 1. The zero-order chi connectivity index (χ0) is 14.9. The standard InChI is InChI=1S/C15H17BrN2O2S/c16-14-3-1-2-4-15(14)21(19,20)18-9-6-12(7-10-18)13-5-8-17-11-13/h1-4,8,11-12H,5-7,9-10H2. The van der Waals surface area contributed by atoms with Crippen LogP contribution in [-0.2, 0) is 10.0 Å². The first-order valence-electron chi connectivity index (χ1n) is 7.04. The number of sulfonamides is 1. The van der Waals surface area contributed by atoms with Crippen LogP contribution < -0.4 is 0 Å². The number of rotatable bonds is 3. The summed E-state index contributed by atoms with van der Waals surface area (Å²) >= 11 is 3.33. The van der Waals surface area contributed by atoms with E-state index in [1.807, 2.05) is 18.5 Å². The van der Waals surface area contributed by atoms with E-state index in [1.165, 1.54) is 5.57 Å². The molecule has 0 radical (unpaired) electrons. The van der Waals surface area contributed by atoms with Crippen molar-refractivity contribution in [3.63, 3.8) is 0 Å². The van der Waals surface area contributed by atoms with Gasteiger partial charge < -0.3 is 0 Å². The second kappa shape index (κ2) is 6.02. The summed E-state index contributed by atoms with van der Waals surface area (Å²) in [5.41, 5.74) is 1.34. The van der Waals surface area contributed by atoms with Crippen LogP contribution in [0.5, 0.6) is 0 Å². The van der Waals surface area contributed by atoms with Crippen LogP contribution in [0.2, 0.25) is 0 Å². The molecule has 2 aliphatic rings. The third-order valence-corrected chi connectivity index (χ3v) is 7.02. The van der Waals surface area contributed by atoms with Gasteiger partial charge in [-0.15, -0.1) is 0 Å². The smallest absolute Gasteiger partial charge is 0.244 e. The summed E-state index contributed by atoms with van der Waals surface area (Å²) in [6.45, 7) is 1.15. The largest absolute Gasteiger partial charge is 0.269 e. The van der Waals surface area contributed by atoms with E-state index >= 15 is 0 Å². The summed E-state index contributed by atoms with van der Waals surface area (Å²) in [6.07, 6.45) is 6.52. The van der Waals surface area contributed by atoms with Gasteiger partial charge in [0.05, 0.1) is 4.90 Å². The lowest BCUT2D eigenvalue weighted by Gasteiger charge is -2.31. The molecule has 0 spiro atoms. The van der Waals surface area contributed by atoms with Gasteiger partial charge in [-0.05, 0) is 52.4 Å². The number of hydrogen-bond donors (Lipinski definition) is 0. The lowest BCUT2D eigenvalue weighted by molar-refractivity contribution is 0.297. The van der Waals surface area contributed by atoms with E-state index in [4.69, 9.17) is 0 Å². The summed E-state index contributed by atoms with van der Waals surface area (Å²) in [5, 5.41) is 0. The molecule has 0 N–H and O–H groups in total. The van der Waals surface area contributed by atoms with Gasteiger partial charge in [-0.25, -0.2) is 8.42 Å².